The summed E-state index contributed by atoms with van der Waals surface area (Å²) >= 11 is 0. The number of amides is 1. The quantitative estimate of drug-likeness (QED) is 0.538. The van der Waals surface area contributed by atoms with Crippen LogP contribution in [0.3, 0.4) is 0 Å². The molecule has 0 fully saturated rings. The molecule has 0 heterocycles. The van der Waals surface area contributed by atoms with Crippen molar-refractivity contribution < 1.29 is 27.5 Å². The molecule has 1 amide bonds. The summed E-state index contributed by atoms with van der Waals surface area (Å²) in [7, 11) is -2.46. The molecule has 0 saturated heterocycles. The van der Waals surface area contributed by atoms with E-state index >= 15 is 0 Å². The molecule has 0 spiro atoms. The van der Waals surface area contributed by atoms with Gasteiger partial charge in [-0.05, 0) is 51.2 Å². The van der Waals surface area contributed by atoms with Crippen molar-refractivity contribution in [1.82, 2.24) is 4.72 Å². The van der Waals surface area contributed by atoms with E-state index in [1.54, 1.807) is 18.2 Å². The van der Waals surface area contributed by atoms with Gasteiger partial charge in [0.1, 0.15) is 0 Å². The van der Waals surface area contributed by atoms with Gasteiger partial charge in [-0.25, -0.2) is 17.9 Å². The van der Waals surface area contributed by atoms with Gasteiger partial charge in [-0.2, -0.15) is 0 Å². The van der Waals surface area contributed by atoms with E-state index in [9.17, 15) is 22.8 Å². The zero-order valence-corrected chi connectivity index (χ0v) is 16.4. The predicted octanol–water partition coefficient (Wildman–Crippen LogP) is 1.98. The fourth-order valence-electron chi connectivity index (χ4n) is 2.25. The number of esters is 1. The number of carbonyl (C=O) groups excluding carboxylic acids is 3. The summed E-state index contributed by atoms with van der Waals surface area (Å²) in [4.78, 5) is 35.8. The number of Topliss-reactive ketones (excluding diaryl/α,β-unsaturated/α-hetero) is 1. The lowest BCUT2D eigenvalue weighted by atomic mass is 10.1. The van der Waals surface area contributed by atoms with Crippen molar-refractivity contribution in [2.24, 2.45) is 0 Å². The first-order chi connectivity index (χ1) is 13.1. The number of rotatable bonds is 7. The zero-order chi connectivity index (χ0) is 20.9. The largest absolute Gasteiger partial charge is 0.449 e. The molecule has 0 bridgehead atoms. The Hall–Kier alpha value is -3.04. The van der Waals surface area contributed by atoms with Gasteiger partial charge in [-0.15, -0.1) is 0 Å². The minimum absolute atomic E-state index is 0.00504. The topological polar surface area (TPSA) is 119 Å². The van der Waals surface area contributed by atoms with Crippen LogP contribution < -0.4 is 10.0 Å². The van der Waals surface area contributed by atoms with Gasteiger partial charge in [-0.3, -0.25) is 9.59 Å². The summed E-state index contributed by atoms with van der Waals surface area (Å²) in [6, 6.07) is 11.6. The molecule has 0 aliphatic carbocycles. The van der Waals surface area contributed by atoms with Crippen LogP contribution in [-0.2, 0) is 19.6 Å². The third-order valence-corrected chi connectivity index (χ3v) is 5.25. The molecule has 1 unspecified atom stereocenters. The van der Waals surface area contributed by atoms with Crippen LogP contribution in [-0.4, -0.2) is 39.2 Å². The van der Waals surface area contributed by atoms with Gasteiger partial charge in [0.05, 0.1) is 10.5 Å². The molecule has 8 nitrogen and oxygen atoms in total. The van der Waals surface area contributed by atoms with Crippen LogP contribution in [0.2, 0.25) is 0 Å². The average molecular weight is 404 g/mol. The van der Waals surface area contributed by atoms with Gasteiger partial charge < -0.3 is 10.1 Å². The van der Waals surface area contributed by atoms with Crippen molar-refractivity contribution >= 4 is 33.4 Å². The third kappa shape index (κ3) is 5.24. The van der Waals surface area contributed by atoms with Crippen LogP contribution in [0.5, 0.6) is 0 Å². The number of hydrogen-bond donors (Lipinski definition) is 2. The number of anilines is 1. The average Bonchev–Trinajstić information content (AvgIpc) is 2.68. The number of hydrogen-bond acceptors (Lipinski definition) is 6. The first-order valence-electron chi connectivity index (χ1n) is 8.30. The number of carbonyl (C=O) groups is 3. The first-order valence-corrected chi connectivity index (χ1v) is 9.79. The molecule has 28 heavy (non-hydrogen) atoms. The van der Waals surface area contributed by atoms with Crippen molar-refractivity contribution in [2.45, 2.75) is 24.8 Å². The molecule has 2 N–H and O–H groups in total. The zero-order valence-electron chi connectivity index (χ0n) is 15.6. The lowest BCUT2D eigenvalue weighted by molar-refractivity contribution is -0.123. The molecule has 0 aromatic heterocycles. The Bertz CT molecular complexity index is 1020. The second kappa shape index (κ2) is 8.77. The number of ether oxygens (including phenoxy) is 1. The highest BCUT2D eigenvalue weighted by molar-refractivity contribution is 7.89. The molecule has 148 valence electrons. The summed E-state index contributed by atoms with van der Waals surface area (Å²) < 4.78 is 30.9. The minimum Gasteiger partial charge on any atom is -0.449 e. The van der Waals surface area contributed by atoms with Crippen LogP contribution in [0.4, 0.5) is 5.69 Å². The van der Waals surface area contributed by atoms with Crippen molar-refractivity contribution in [3.8, 4) is 0 Å². The molecule has 0 radical (unpaired) electrons. The van der Waals surface area contributed by atoms with Crippen LogP contribution >= 0.6 is 0 Å². The second-order valence-electron chi connectivity index (χ2n) is 5.91. The highest BCUT2D eigenvalue weighted by Gasteiger charge is 2.21. The Morgan fingerprint density at radius 3 is 2.29 bits per heavy atom. The maximum Gasteiger partial charge on any atom is 0.338 e. The molecule has 0 saturated carbocycles. The number of benzene rings is 2. The van der Waals surface area contributed by atoms with Gasteiger partial charge >= 0.3 is 5.97 Å². The van der Waals surface area contributed by atoms with E-state index in [1.807, 2.05) is 0 Å². The lowest BCUT2D eigenvalue weighted by Gasteiger charge is -2.14. The number of sulfonamides is 1. The van der Waals surface area contributed by atoms with Gasteiger partial charge in [0.15, 0.2) is 11.9 Å². The SMILES string of the molecule is CNS(=O)(=O)c1cccc(C(=O)OC(C)C(=O)Nc2cccc(C(C)=O)c2)c1. The highest BCUT2D eigenvalue weighted by Crippen LogP contribution is 2.15. The molecular weight excluding hydrogens is 384 g/mol. The van der Waals surface area contributed by atoms with Gasteiger partial charge in [0.2, 0.25) is 10.0 Å². The van der Waals surface area contributed by atoms with E-state index in [-0.39, 0.29) is 16.2 Å². The Morgan fingerprint density at radius 1 is 1.00 bits per heavy atom. The van der Waals surface area contributed by atoms with E-state index in [0.717, 1.165) is 6.07 Å². The summed E-state index contributed by atoms with van der Waals surface area (Å²) in [5.74, 6) is -1.58. The van der Waals surface area contributed by atoms with E-state index in [4.69, 9.17) is 4.74 Å². The van der Waals surface area contributed by atoms with Crippen molar-refractivity contribution in [2.75, 3.05) is 12.4 Å². The molecule has 0 aliphatic heterocycles. The van der Waals surface area contributed by atoms with Gasteiger partial charge in [0.25, 0.3) is 5.91 Å². The standard InChI is InChI=1S/C19H20N2O6S/c1-12(22)14-6-4-8-16(10-14)21-18(23)13(2)27-19(24)15-7-5-9-17(11-15)28(25,26)20-3/h4-11,13,20H,1-3H3,(H,21,23). The summed E-state index contributed by atoms with van der Waals surface area (Å²) in [5.41, 5.74) is 0.822. The predicted molar refractivity (Wildman–Crippen MR) is 103 cm³/mol. The van der Waals surface area contributed by atoms with E-state index in [0.29, 0.717) is 11.3 Å². The molecule has 2 aromatic rings. The number of ketones is 1. The Labute approximate surface area is 163 Å². The smallest absolute Gasteiger partial charge is 0.338 e. The molecule has 2 rings (SSSR count). The maximum absolute atomic E-state index is 12.3. The highest BCUT2D eigenvalue weighted by atomic mass is 32.2. The summed E-state index contributed by atoms with van der Waals surface area (Å²) in [6.07, 6.45) is -1.14. The van der Waals surface area contributed by atoms with Gasteiger partial charge in [0, 0.05) is 11.3 Å². The van der Waals surface area contributed by atoms with Gasteiger partial charge in [-0.1, -0.05) is 18.2 Å². The lowest BCUT2D eigenvalue weighted by Crippen LogP contribution is -2.30. The van der Waals surface area contributed by atoms with E-state index in [2.05, 4.69) is 10.0 Å². The van der Waals surface area contributed by atoms with Crippen LogP contribution in [0.25, 0.3) is 0 Å². The Kier molecular flexibility index (Phi) is 6.66. The molecule has 2 aromatic carbocycles. The monoisotopic (exact) mass is 404 g/mol. The number of nitrogens with one attached hydrogen (secondary N) is 2. The molecule has 9 heteroatoms. The molecule has 0 aliphatic rings. The van der Waals surface area contributed by atoms with Crippen molar-refractivity contribution in [3.63, 3.8) is 0 Å². The minimum atomic E-state index is -3.72. The van der Waals surface area contributed by atoms with Crippen LogP contribution in [0, 0.1) is 0 Å². The molecule has 1 atom stereocenters. The summed E-state index contributed by atoms with van der Waals surface area (Å²) in [5, 5.41) is 2.56. The molecular formula is C19H20N2O6S. The van der Waals surface area contributed by atoms with Crippen molar-refractivity contribution in [3.05, 3.63) is 59.7 Å². The Morgan fingerprint density at radius 2 is 1.64 bits per heavy atom. The Balaban J connectivity index is 2.08. The normalized spacial score (nSPS) is 12.1. The third-order valence-electron chi connectivity index (χ3n) is 3.84. The fourth-order valence-corrected chi connectivity index (χ4v) is 3.03. The first kappa shape index (κ1) is 21.3. The van der Waals surface area contributed by atoms with Crippen LogP contribution in [0.15, 0.2) is 53.4 Å². The van der Waals surface area contributed by atoms with E-state index < -0.39 is 28.0 Å². The van der Waals surface area contributed by atoms with E-state index in [1.165, 1.54) is 45.2 Å². The second-order valence-corrected chi connectivity index (χ2v) is 7.80. The van der Waals surface area contributed by atoms with Crippen LogP contribution in [0.1, 0.15) is 34.6 Å². The van der Waals surface area contributed by atoms with Crippen molar-refractivity contribution in [1.29, 1.82) is 0 Å². The maximum atomic E-state index is 12.3. The summed E-state index contributed by atoms with van der Waals surface area (Å²) in [6.45, 7) is 2.80. The fraction of sp³-hybridized carbons (Fsp3) is 0.211.